The second-order valence-corrected chi connectivity index (χ2v) is 7.36. The Kier molecular flexibility index (Phi) is 2.96. The van der Waals surface area contributed by atoms with E-state index in [1.165, 1.54) is 10.8 Å². The number of fused-ring (bicyclic) bond motifs is 2. The van der Waals surface area contributed by atoms with Crippen LogP contribution in [-0.4, -0.2) is 0 Å². The molecular weight excluding hydrogens is 270 g/mol. The molecule has 0 aliphatic rings. The van der Waals surface area contributed by atoms with E-state index < -0.39 is 6.63 Å². The van der Waals surface area contributed by atoms with Crippen LogP contribution in [-0.2, 0) is 0 Å². The van der Waals surface area contributed by atoms with Crippen LogP contribution in [0.15, 0.2) is 54.6 Å². The standard InChI is InChI=1S/C14H9Cl2P/c15-17(16)14-12-7-3-1-5-10(12)9-11-6-2-4-8-13(11)14/h1-9H. The predicted molar refractivity (Wildman–Crippen MR) is 79.7 cm³/mol. The van der Waals surface area contributed by atoms with Gasteiger partial charge < -0.3 is 0 Å². The molecule has 0 heterocycles. The van der Waals surface area contributed by atoms with Crippen LogP contribution in [0.25, 0.3) is 21.5 Å². The van der Waals surface area contributed by atoms with Crippen molar-refractivity contribution < 1.29 is 0 Å². The third kappa shape index (κ3) is 1.91. The van der Waals surface area contributed by atoms with Crippen LogP contribution in [0.5, 0.6) is 0 Å². The molecule has 0 unspecified atom stereocenters. The van der Waals surface area contributed by atoms with Gasteiger partial charge in [-0.1, -0.05) is 71.0 Å². The Morgan fingerprint density at radius 3 is 1.65 bits per heavy atom. The molecule has 0 amide bonds. The average Bonchev–Trinajstić information content (AvgIpc) is 2.35. The molecule has 17 heavy (non-hydrogen) atoms. The molecule has 0 aromatic heterocycles. The van der Waals surface area contributed by atoms with E-state index in [0.717, 1.165) is 16.1 Å². The lowest BCUT2D eigenvalue weighted by Gasteiger charge is -2.11. The zero-order valence-corrected chi connectivity index (χ0v) is 11.3. The third-order valence-corrected chi connectivity index (χ3v) is 4.75. The van der Waals surface area contributed by atoms with Crippen molar-refractivity contribution in [2.45, 2.75) is 0 Å². The van der Waals surface area contributed by atoms with Gasteiger partial charge >= 0.3 is 0 Å². The molecule has 3 rings (SSSR count). The summed E-state index contributed by atoms with van der Waals surface area (Å²) in [6.07, 6.45) is 0. The Morgan fingerprint density at radius 1 is 0.706 bits per heavy atom. The van der Waals surface area contributed by atoms with Gasteiger partial charge in [-0.05, 0) is 27.6 Å². The van der Waals surface area contributed by atoms with Crippen LogP contribution in [0.4, 0.5) is 0 Å². The smallest absolute Gasteiger partial charge is 0.0727 e. The maximum Gasteiger partial charge on any atom is 0.118 e. The molecule has 3 heteroatoms. The highest BCUT2D eigenvalue weighted by atomic mass is 35.9. The van der Waals surface area contributed by atoms with Crippen LogP contribution in [0.3, 0.4) is 0 Å². The summed E-state index contributed by atoms with van der Waals surface area (Å²) in [4.78, 5) is 0. The second-order valence-electron chi connectivity index (χ2n) is 3.90. The van der Waals surface area contributed by atoms with Gasteiger partial charge in [-0.15, -0.1) is 0 Å². The van der Waals surface area contributed by atoms with Gasteiger partial charge in [0.05, 0.1) is 0 Å². The van der Waals surface area contributed by atoms with Crippen LogP contribution < -0.4 is 5.30 Å². The first-order valence-corrected chi connectivity index (χ1v) is 8.45. The summed E-state index contributed by atoms with van der Waals surface area (Å²) in [5.74, 6) is 0. The van der Waals surface area contributed by atoms with Crippen molar-refractivity contribution in [3.05, 3.63) is 54.6 Å². The van der Waals surface area contributed by atoms with Crippen molar-refractivity contribution in [2.24, 2.45) is 0 Å². The lowest BCUT2D eigenvalue weighted by molar-refractivity contribution is 1.79. The van der Waals surface area contributed by atoms with Gasteiger partial charge in [0.2, 0.25) is 0 Å². The number of benzene rings is 3. The van der Waals surface area contributed by atoms with Crippen LogP contribution >= 0.6 is 29.1 Å². The van der Waals surface area contributed by atoms with Crippen molar-refractivity contribution in [1.82, 2.24) is 0 Å². The zero-order valence-electron chi connectivity index (χ0n) is 8.90. The fourth-order valence-electron chi connectivity index (χ4n) is 2.17. The van der Waals surface area contributed by atoms with Gasteiger partial charge in [0.15, 0.2) is 0 Å². The fraction of sp³-hybridized carbons (Fsp3) is 0. The highest BCUT2D eigenvalue weighted by molar-refractivity contribution is 8.09. The number of hydrogen-bond acceptors (Lipinski definition) is 0. The normalized spacial score (nSPS) is 11.5. The first-order chi connectivity index (χ1) is 8.27. The predicted octanol–water partition coefficient (Wildman–Crippen LogP) is 5.41. The third-order valence-electron chi connectivity index (χ3n) is 2.91. The van der Waals surface area contributed by atoms with Crippen LogP contribution in [0.1, 0.15) is 0 Å². The van der Waals surface area contributed by atoms with Crippen molar-refractivity contribution in [1.29, 1.82) is 0 Å². The minimum absolute atomic E-state index is 1.07. The molecule has 0 spiro atoms. The Labute approximate surface area is 110 Å². The summed E-state index contributed by atoms with van der Waals surface area (Å²) in [6.45, 7) is -1.15. The Bertz CT molecular complexity index is 638. The van der Waals surface area contributed by atoms with E-state index >= 15 is 0 Å². The van der Waals surface area contributed by atoms with E-state index in [1.807, 2.05) is 24.3 Å². The summed E-state index contributed by atoms with van der Waals surface area (Å²) in [6, 6.07) is 18.6. The first-order valence-electron chi connectivity index (χ1n) is 5.29. The monoisotopic (exact) mass is 278 g/mol. The Hall–Kier alpha value is -0.810. The molecule has 0 nitrogen and oxygen atoms in total. The summed E-state index contributed by atoms with van der Waals surface area (Å²) in [5.41, 5.74) is 0. The zero-order chi connectivity index (χ0) is 11.8. The summed E-state index contributed by atoms with van der Waals surface area (Å²) < 4.78 is 0. The lowest BCUT2D eigenvalue weighted by atomic mass is 10.0. The van der Waals surface area contributed by atoms with Crippen molar-refractivity contribution in [3.8, 4) is 0 Å². The molecule has 3 aromatic rings. The molecule has 0 atom stereocenters. The maximum absolute atomic E-state index is 6.19. The topological polar surface area (TPSA) is 0 Å². The number of hydrogen-bond donors (Lipinski definition) is 0. The lowest BCUT2D eigenvalue weighted by Crippen LogP contribution is -1.99. The molecule has 0 saturated carbocycles. The quantitative estimate of drug-likeness (QED) is 0.413. The Balaban J connectivity index is 2.56. The number of halogens is 2. The molecule has 0 bridgehead atoms. The molecule has 0 saturated heterocycles. The average molecular weight is 279 g/mol. The van der Waals surface area contributed by atoms with Crippen molar-refractivity contribution in [3.63, 3.8) is 0 Å². The minimum Gasteiger partial charge on any atom is -0.0727 e. The van der Waals surface area contributed by atoms with E-state index in [2.05, 4.69) is 30.3 Å². The van der Waals surface area contributed by atoms with Gasteiger partial charge in [0, 0.05) is 5.30 Å². The van der Waals surface area contributed by atoms with Crippen LogP contribution in [0, 0.1) is 0 Å². The minimum atomic E-state index is -1.15. The molecule has 0 fully saturated rings. The molecule has 0 aliphatic carbocycles. The first kappa shape index (κ1) is 11.3. The largest absolute Gasteiger partial charge is 0.118 e. The summed E-state index contributed by atoms with van der Waals surface area (Å²) in [5, 5.41) is 5.76. The maximum atomic E-state index is 6.19. The summed E-state index contributed by atoms with van der Waals surface area (Å²) in [7, 11) is 0. The SMILES string of the molecule is ClP(Cl)c1c2ccccc2cc2ccccc12. The van der Waals surface area contributed by atoms with E-state index in [4.69, 9.17) is 22.5 Å². The summed E-state index contributed by atoms with van der Waals surface area (Å²) >= 11 is 12.4. The molecule has 84 valence electrons. The molecular formula is C14H9Cl2P. The van der Waals surface area contributed by atoms with E-state index in [0.29, 0.717) is 0 Å². The van der Waals surface area contributed by atoms with Crippen LogP contribution in [0.2, 0.25) is 0 Å². The highest BCUT2D eigenvalue weighted by Crippen LogP contribution is 2.49. The fourth-order valence-corrected chi connectivity index (χ4v) is 4.04. The van der Waals surface area contributed by atoms with E-state index in [9.17, 15) is 0 Å². The van der Waals surface area contributed by atoms with Gasteiger partial charge in [-0.25, -0.2) is 0 Å². The molecule has 0 radical (unpaired) electrons. The van der Waals surface area contributed by atoms with Crippen molar-refractivity contribution in [2.75, 3.05) is 0 Å². The number of rotatable bonds is 1. The molecule has 0 N–H and O–H groups in total. The van der Waals surface area contributed by atoms with Gasteiger partial charge in [-0.2, -0.15) is 0 Å². The Morgan fingerprint density at radius 2 is 1.18 bits per heavy atom. The van der Waals surface area contributed by atoms with E-state index in [-0.39, 0.29) is 0 Å². The second kappa shape index (κ2) is 4.46. The highest BCUT2D eigenvalue weighted by Gasteiger charge is 2.13. The van der Waals surface area contributed by atoms with Gasteiger partial charge in [0.1, 0.15) is 6.63 Å². The van der Waals surface area contributed by atoms with Gasteiger partial charge in [-0.3, -0.25) is 0 Å². The van der Waals surface area contributed by atoms with Gasteiger partial charge in [0.25, 0.3) is 0 Å². The molecule has 0 aliphatic heterocycles. The van der Waals surface area contributed by atoms with Crippen molar-refractivity contribution >= 4 is 56.0 Å². The molecule has 3 aromatic carbocycles. The van der Waals surface area contributed by atoms with E-state index in [1.54, 1.807) is 0 Å².